The first-order valence-electron chi connectivity index (χ1n) is 9.96. The molecule has 0 spiro atoms. The van der Waals surface area contributed by atoms with Crippen LogP contribution in [0, 0.1) is 6.92 Å². The topological polar surface area (TPSA) is 83.6 Å². The summed E-state index contributed by atoms with van der Waals surface area (Å²) in [5, 5.41) is 13.1. The Balaban J connectivity index is 1.62. The molecule has 0 fully saturated rings. The Labute approximate surface area is 194 Å². The average Bonchev–Trinajstić information content (AvgIpc) is 3.25. The Morgan fingerprint density at radius 1 is 1.09 bits per heavy atom. The number of aryl methyl sites for hydroxylation is 2. The van der Waals surface area contributed by atoms with Crippen LogP contribution in [0.25, 0.3) is 11.4 Å². The van der Waals surface area contributed by atoms with Gasteiger partial charge in [0, 0.05) is 37.0 Å². The first kappa shape index (κ1) is 22.0. The van der Waals surface area contributed by atoms with Crippen molar-refractivity contribution in [1.82, 2.24) is 29.7 Å². The number of tetrazole rings is 1. The molecule has 0 saturated carbocycles. The van der Waals surface area contributed by atoms with Gasteiger partial charge in [0.25, 0.3) is 0 Å². The van der Waals surface area contributed by atoms with Crippen molar-refractivity contribution < 1.29 is 9.42 Å². The van der Waals surface area contributed by atoms with E-state index in [-0.39, 0.29) is 12.3 Å². The molecule has 32 heavy (non-hydrogen) atoms. The standard InChI is InChI=1S/C21H22Cl2N7O2/c1-5-18-13(2)29(26-27(18)3)14-9-10-20(17(23)11-14)32-12-15-16(22)7-6-8-19(15)30-21(31)28(4)24-25-30/h6-11H,5,12H2,1-4H3/q+1. The highest BCUT2D eigenvalue weighted by Crippen LogP contribution is 2.30. The second-order valence-electron chi connectivity index (χ2n) is 7.25. The third-order valence-corrected chi connectivity index (χ3v) is 5.91. The van der Waals surface area contributed by atoms with Gasteiger partial charge >= 0.3 is 5.69 Å². The smallest absolute Gasteiger partial charge is 0.368 e. The van der Waals surface area contributed by atoms with Gasteiger partial charge in [-0.3, -0.25) is 0 Å². The highest BCUT2D eigenvalue weighted by molar-refractivity contribution is 6.32. The van der Waals surface area contributed by atoms with Crippen LogP contribution in [0.1, 0.15) is 23.9 Å². The van der Waals surface area contributed by atoms with Gasteiger partial charge in [0.1, 0.15) is 19.4 Å². The van der Waals surface area contributed by atoms with Gasteiger partial charge in [0.05, 0.1) is 15.9 Å². The quantitative estimate of drug-likeness (QED) is 0.401. The summed E-state index contributed by atoms with van der Waals surface area (Å²) < 4.78 is 12.0. The van der Waals surface area contributed by atoms with E-state index in [0.717, 1.165) is 28.2 Å². The molecule has 0 aliphatic rings. The van der Waals surface area contributed by atoms with E-state index in [4.69, 9.17) is 27.9 Å². The molecule has 0 aliphatic heterocycles. The summed E-state index contributed by atoms with van der Waals surface area (Å²) in [5.41, 5.74) is 3.74. The second-order valence-corrected chi connectivity index (χ2v) is 8.06. The monoisotopic (exact) mass is 474 g/mol. The fourth-order valence-corrected chi connectivity index (χ4v) is 4.04. The summed E-state index contributed by atoms with van der Waals surface area (Å²) in [6.07, 6.45) is 0.881. The zero-order valence-corrected chi connectivity index (χ0v) is 19.6. The van der Waals surface area contributed by atoms with Crippen LogP contribution in [-0.2, 0) is 27.1 Å². The van der Waals surface area contributed by atoms with E-state index >= 15 is 0 Å². The third-order valence-electron chi connectivity index (χ3n) is 5.26. The van der Waals surface area contributed by atoms with Crippen LogP contribution < -0.4 is 15.1 Å². The van der Waals surface area contributed by atoms with Crippen LogP contribution >= 0.6 is 23.2 Å². The molecular formula is C21H22Cl2N7O2+. The summed E-state index contributed by atoms with van der Waals surface area (Å²) in [7, 11) is 3.45. The van der Waals surface area contributed by atoms with Crippen LogP contribution in [0.4, 0.5) is 0 Å². The van der Waals surface area contributed by atoms with Crippen LogP contribution in [0.2, 0.25) is 10.0 Å². The number of aromatic nitrogens is 7. The molecular weight excluding hydrogens is 453 g/mol. The Morgan fingerprint density at radius 2 is 1.88 bits per heavy atom. The van der Waals surface area contributed by atoms with Gasteiger partial charge in [0.2, 0.25) is 0 Å². The Hall–Kier alpha value is -3.17. The predicted molar refractivity (Wildman–Crippen MR) is 120 cm³/mol. The minimum absolute atomic E-state index is 0.0901. The summed E-state index contributed by atoms with van der Waals surface area (Å²) in [5.74, 6) is 0.484. The molecule has 0 amide bonds. The van der Waals surface area contributed by atoms with Gasteiger partial charge in [-0.25, -0.2) is 4.79 Å². The first-order chi connectivity index (χ1) is 15.3. The minimum Gasteiger partial charge on any atom is -0.487 e. The van der Waals surface area contributed by atoms with Crippen molar-refractivity contribution in [3.63, 3.8) is 0 Å². The van der Waals surface area contributed by atoms with Gasteiger partial charge in [-0.05, 0) is 34.7 Å². The van der Waals surface area contributed by atoms with E-state index < -0.39 is 0 Å². The maximum absolute atomic E-state index is 12.3. The molecule has 0 unspecified atom stereocenters. The van der Waals surface area contributed by atoms with Crippen LogP contribution in [0.5, 0.6) is 5.75 Å². The van der Waals surface area contributed by atoms with Crippen molar-refractivity contribution in [2.75, 3.05) is 0 Å². The molecule has 0 radical (unpaired) electrons. The summed E-state index contributed by atoms with van der Waals surface area (Å²) in [6.45, 7) is 4.21. The Morgan fingerprint density at radius 3 is 2.50 bits per heavy atom. The molecule has 2 aromatic carbocycles. The highest BCUT2D eigenvalue weighted by atomic mass is 35.5. The first-order valence-corrected chi connectivity index (χ1v) is 10.7. The van der Waals surface area contributed by atoms with E-state index in [9.17, 15) is 4.79 Å². The average molecular weight is 475 g/mol. The molecule has 166 valence electrons. The lowest BCUT2D eigenvalue weighted by atomic mass is 10.2. The molecule has 4 aromatic rings. The zero-order chi connectivity index (χ0) is 23.0. The molecule has 0 aliphatic carbocycles. The van der Waals surface area contributed by atoms with E-state index in [1.807, 2.05) is 29.4 Å². The van der Waals surface area contributed by atoms with Crippen LogP contribution in [0.15, 0.2) is 41.2 Å². The van der Waals surface area contributed by atoms with E-state index in [1.54, 1.807) is 30.3 Å². The summed E-state index contributed by atoms with van der Waals surface area (Å²) in [4.78, 5) is 12.3. The lowest BCUT2D eigenvalue weighted by Crippen LogP contribution is -2.35. The van der Waals surface area contributed by atoms with Gasteiger partial charge in [-0.2, -0.15) is 9.36 Å². The lowest BCUT2D eigenvalue weighted by Gasteiger charge is -2.13. The molecule has 2 aromatic heterocycles. The molecule has 11 heteroatoms. The number of halogens is 2. The van der Waals surface area contributed by atoms with Crippen molar-refractivity contribution in [2.45, 2.75) is 26.9 Å². The van der Waals surface area contributed by atoms with Gasteiger partial charge in [-0.15, -0.1) is 4.68 Å². The normalized spacial score (nSPS) is 11.2. The fourth-order valence-electron chi connectivity index (χ4n) is 3.58. The van der Waals surface area contributed by atoms with Crippen molar-refractivity contribution in [2.24, 2.45) is 14.1 Å². The molecule has 9 nitrogen and oxygen atoms in total. The number of nitrogens with zero attached hydrogens (tertiary/aromatic N) is 7. The van der Waals surface area contributed by atoms with E-state index in [0.29, 0.717) is 27.0 Å². The molecule has 4 rings (SSSR count). The van der Waals surface area contributed by atoms with Crippen molar-refractivity contribution >= 4 is 23.2 Å². The number of hydrogen-bond acceptors (Lipinski definition) is 5. The Kier molecular flexibility index (Phi) is 6.03. The van der Waals surface area contributed by atoms with E-state index in [1.165, 1.54) is 11.7 Å². The molecule has 0 bridgehead atoms. The van der Waals surface area contributed by atoms with Crippen molar-refractivity contribution in [1.29, 1.82) is 0 Å². The second kappa shape index (κ2) is 8.76. The fraction of sp³-hybridized carbons (Fsp3) is 0.286. The van der Waals surface area contributed by atoms with Gasteiger partial charge in [-0.1, -0.05) is 40.9 Å². The molecule has 0 N–H and O–H groups in total. The van der Waals surface area contributed by atoms with E-state index in [2.05, 4.69) is 22.6 Å². The molecule has 0 saturated heterocycles. The molecule has 2 heterocycles. The largest absolute Gasteiger partial charge is 0.487 e. The number of benzene rings is 2. The number of hydrogen-bond donors (Lipinski definition) is 0. The number of ether oxygens (including phenoxy) is 1. The number of rotatable bonds is 6. The minimum atomic E-state index is -0.384. The van der Waals surface area contributed by atoms with Crippen molar-refractivity contribution in [3.8, 4) is 17.1 Å². The predicted octanol–water partition coefficient (Wildman–Crippen LogP) is 2.73. The Bertz CT molecular complexity index is 1360. The van der Waals surface area contributed by atoms with Crippen LogP contribution in [-0.4, -0.2) is 29.7 Å². The third kappa shape index (κ3) is 3.89. The lowest BCUT2D eigenvalue weighted by molar-refractivity contribution is -0.738. The van der Waals surface area contributed by atoms with Crippen LogP contribution in [0.3, 0.4) is 0 Å². The van der Waals surface area contributed by atoms with Gasteiger partial charge in [0.15, 0.2) is 17.1 Å². The SMILES string of the molecule is CCc1c(C)n(-c2ccc(OCc3c(Cl)cccc3-n3nnn(C)c3=O)c(Cl)c2)n[n+]1C. The highest BCUT2D eigenvalue weighted by Gasteiger charge is 2.21. The maximum atomic E-state index is 12.3. The summed E-state index contributed by atoms with van der Waals surface area (Å²) in [6, 6.07) is 10.7. The van der Waals surface area contributed by atoms with Crippen molar-refractivity contribution in [3.05, 3.63) is 73.9 Å². The van der Waals surface area contributed by atoms with Gasteiger partial charge < -0.3 is 4.74 Å². The summed E-state index contributed by atoms with van der Waals surface area (Å²) >= 11 is 12.9. The maximum Gasteiger partial charge on any atom is 0.368 e. The molecule has 0 atom stereocenters. The zero-order valence-electron chi connectivity index (χ0n) is 18.1.